The number of carbonyl (C=O) groups is 2. The fourth-order valence-electron chi connectivity index (χ4n) is 3.39. The monoisotopic (exact) mass is 387 g/mol. The molecule has 1 aliphatic heterocycles. The van der Waals surface area contributed by atoms with Gasteiger partial charge >= 0.3 is 5.97 Å². The van der Waals surface area contributed by atoms with E-state index in [0.717, 1.165) is 11.3 Å². The Morgan fingerprint density at radius 3 is 2.44 bits per heavy atom. The lowest BCUT2D eigenvalue weighted by molar-refractivity contribution is -0.141. The molecule has 0 aliphatic carbocycles. The second kappa shape index (κ2) is 8.91. The summed E-state index contributed by atoms with van der Waals surface area (Å²) in [5, 5.41) is 10.2. The molecule has 1 N–H and O–H groups in total. The Kier molecular flexibility index (Phi) is 6.35. The second-order valence-corrected chi connectivity index (χ2v) is 7.10. The maximum atomic E-state index is 12.5. The summed E-state index contributed by atoms with van der Waals surface area (Å²) in [5.74, 6) is -0.952. The van der Waals surface area contributed by atoms with E-state index in [1.54, 1.807) is 17.0 Å². The number of amides is 1. The van der Waals surface area contributed by atoms with Crippen LogP contribution < -0.4 is 4.74 Å². The SMILES string of the molecule is O=C(O)[C@@H]1CN(C(=O)CCCOc2ccccc2)C[C@H]1c1ccc(Cl)cc1. The molecule has 2 aromatic carbocycles. The van der Waals surface area contributed by atoms with E-state index in [1.165, 1.54) is 0 Å². The topological polar surface area (TPSA) is 66.8 Å². The largest absolute Gasteiger partial charge is 0.494 e. The van der Waals surface area contributed by atoms with Gasteiger partial charge in [-0.2, -0.15) is 0 Å². The summed E-state index contributed by atoms with van der Waals surface area (Å²) in [6, 6.07) is 16.6. The van der Waals surface area contributed by atoms with Gasteiger partial charge in [0, 0.05) is 30.5 Å². The van der Waals surface area contributed by atoms with E-state index in [2.05, 4.69) is 0 Å². The van der Waals surface area contributed by atoms with Crippen LogP contribution in [-0.2, 0) is 9.59 Å². The van der Waals surface area contributed by atoms with Gasteiger partial charge < -0.3 is 14.7 Å². The van der Waals surface area contributed by atoms with Crippen LogP contribution in [-0.4, -0.2) is 41.6 Å². The van der Waals surface area contributed by atoms with Crippen molar-refractivity contribution in [2.75, 3.05) is 19.7 Å². The molecule has 0 bridgehead atoms. The number of nitrogens with zero attached hydrogens (tertiary/aromatic N) is 1. The molecule has 5 nitrogen and oxygen atoms in total. The molecule has 0 aromatic heterocycles. The van der Waals surface area contributed by atoms with Gasteiger partial charge in [-0.1, -0.05) is 41.9 Å². The van der Waals surface area contributed by atoms with E-state index in [4.69, 9.17) is 16.3 Å². The molecule has 0 radical (unpaired) electrons. The molecule has 6 heteroatoms. The van der Waals surface area contributed by atoms with Crippen LogP contribution in [0.25, 0.3) is 0 Å². The average Bonchev–Trinajstić information content (AvgIpc) is 3.12. The Bertz CT molecular complexity index is 779. The Morgan fingerprint density at radius 2 is 1.78 bits per heavy atom. The molecule has 1 aliphatic rings. The molecule has 3 rings (SSSR count). The Morgan fingerprint density at radius 1 is 1.07 bits per heavy atom. The van der Waals surface area contributed by atoms with Gasteiger partial charge in [0.15, 0.2) is 0 Å². The molecule has 2 atom stereocenters. The molecule has 0 spiro atoms. The molecule has 27 heavy (non-hydrogen) atoms. The lowest BCUT2D eigenvalue weighted by atomic mass is 9.89. The third kappa shape index (κ3) is 5.01. The van der Waals surface area contributed by atoms with Crippen LogP contribution >= 0.6 is 11.6 Å². The Balaban J connectivity index is 1.54. The van der Waals surface area contributed by atoms with Crippen LogP contribution in [0.3, 0.4) is 0 Å². The molecule has 1 saturated heterocycles. The number of halogens is 1. The van der Waals surface area contributed by atoms with Gasteiger partial charge in [0.05, 0.1) is 12.5 Å². The van der Waals surface area contributed by atoms with Crippen LogP contribution in [0.1, 0.15) is 24.3 Å². The van der Waals surface area contributed by atoms with Crippen molar-refractivity contribution in [2.24, 2.45) is 5.92 Å². The molecule has 142 valence electrons. The standard InChI is InChI=1S/C21H22ClNO4/c22-16-10-8-15(9-11-16)18-13-23(14-19(18)21(25)26)20(24)7-4-12-27-17-5-2-1-3-6-17/h1-3,5-6,8-11,18-19H,4,7,12-14H2,(H,25,26)/t18-,19+/m0/s1. The number of benzene rings is 2. The highest BCUT2D eigenvalue weighted by Crippen LogP contribution is 2.34. The van der Waals surface area contributed by atoms with Crippen LogP contribution in [0.15, 0.2) is 54.6 Å². The summed E-state index contributed by atoms with van der Waals surface area (Å²) >= 11 is 5.92. The van der Waals surface area contributed by atoms with Crippen LogP contribution in [0.5, 0.6) is 5.75 Å². The first kappa shape index (κ1) is 19.2. The first-order valence-corrected chi connectivity index (χ1v) is 9.36. The van der Waals surface area contributed by atoms with Gasteiger partial charge in [-0.3, -0.25) is 9.59 Å². The number of rotatable bonds is 7. The van der Waals surface area contributed by atoms with Crippen molar-refractivity contribution in [1.82, 2.24) is 4.90 Å². The minimum Gasteiger partial charge on any atom is -0.494 e. The van der Waals surface area contributed by atoms with Gasteiger partial charge in [-0.15, -0.1) is 0 Å². The fraction of sp³-hybridized carbons (Fsp3) is 0.333. The number of para-hydroxylation sites is 1. The summed E-state index contributed by atoms with van der Waals surface area (Å²) in [5.41, 5.74) is 0.898. The van der Waals surface area contributed by atoms with Gasteiger partial charge in [-0.05, 0) is 36.2 Å². The van der Waals surface area contributed by atoms with Gasteiger partial charge in [-0.25, -0.2) is 0 Å². The summed E-state index contributed by atoms with van der Waals surface area (Å²) in [6.45, 7) is 1.10. The number of carboxylic acid groups (broad SMARTS) is 1. The van der Waals surface area contributed by atoms with E-state index in [1.807, 2.05) is 42.5 Å². The Hall–Kier alpha value is -2.53. The molecule has 0 unspecified atom stereocenters. The molecule has 1 heterocycles. The minimum atomic E-state index is -0.877. The molecule has 1 amide bonds. The number of aliphatic carboxylic acids is 1. The number of likely N-dealkylation sites (tertiary alicyclic amines) is 1. The zero-order valence-corrected chi connectivity index (χ0v) is 15.6. The molecule has 0 saturated carbocycles. The number of hydrogen-bond acceptors (Lipinski definition) is 3. The molecule has 2 aromatic rings. The van der Waals surface area contributed by atoms with Crippen LogP contribution in [0.2, 0.25) is 5.02 Å². The number of carbonyl (C=O) groups excluding carboxylic acids is 1. The number of ether oxygens (including phenoxy) is 1. The predicted molar refractivity (Wildman–Crippen MR) is 103 cm³/mol. The molecule has 1 fully saturated rings. The molecular weight excluding hydrogens is 366 g/mol. The summed E-state index contributed by atoms with van der Waals surface area (Å²) in [6.07, 6.45) is 0.931. The van der Waals surface area contributed by atoms with Crippen LogP contribution in [0.4, 0.5) is 0 Å². The fourth-order valence-corrected chi connectivity index (χ4v) is 3.52. The predicted octanol–water partition coefficient (Wildman–Crippen LogP) is 3.83. The third-order valence-corrected chi connectivity index (χ3v) is 5.09. The smallest absolute Gasteiger partial charge is 0.308 e. The highest BCUT2D eigenvalue weighted by atomic mass is 35.5. The second-order valence-electron chi connectivity index (χ2n) is 6.67. The molecular formula is C21H22ClNO4. The van der Waals surface area contributed by atoms with Crippen molar-refractivity contribution < 1.29 is 19.4 Å². The van der Waals surface area contributed by atoms with Crippen LogP contribution in [0, 0.1) is 5.92 Å². The van der Waals surface area contributed by atoms with Crippen molar-refractivity contribution in [3.05, 3.63) is 65.2 Å². The maximum absolute atomic E-state index is 12.5. The first-order chi connectivity index (χ1) is 13.0. The highest BCUT2D eigenvalue weighted by molar-refractivity contribution is 6.30. The lowest BCUT2D eigenvalue weighted by Gasteiger charge is -2.17. The van der Waals surface area contributed by atoms with E-state index in [9.17, 15) is 14.7 Å². The van der Waals surface area contributed by atoms with E-state index in [0.29, 0.717) is 31.0 Å². The van der Waals surface area contributed by atoms with Crippen molar-refractivity contribution in [2.45, 2.75) is 18.8 Å². The maximum Gasteiger partial charge on any atom is 0.308 e. The zero-order chi connectivity index (χ0) is 19.2. The normalized spacial score (nSPS) is 19.1. The number of hydrogen-bond donors (Lipinski definition) is 1. The summed E-state index contributed by atoms with van der Waals surface area (Å²) in [4.78, 5) is 25.8. The van der Waals surface area contributed by atoms with Crippen molar-refractivity contribution >= 4 is 23.5 Å². The minimum absolute atomic E-state index is 0.0330. The quantitative estimate of drug-likeness (QED) is 0.733. The van der Waals surface area contributed by atoms with E-state index >= 15 is 0 Å². The highest BCUT2D eigenvalue weighted by Gasteiger charge is 2.40. The lowest BCUT2D eigenvalue weighted by Crippen LogP contribution is -2.30. The first-order valence-electron chi connectivity index (χ1n) is 8.98. The van der Waals surface area contributed by atoms with Gasteiger partial charge in [0.2, 0.25) is 5.91 Å². The summed E-state index contributed by atoms with van der Waals surface area (Å²) in [7, 11) is 0. The van der Waals surface area contributed by atoms with Crippen molar-refractivity contribution in [3.63, 3.8) is 0 Å². The summed E-state index contributed by atoms with van der Waals surface area (Å²) < 4.78 is 5.60. The Labute approximate surface area is 163 Å². The van der Waals surface area contributed by atoms with Gasteiger partial charge in [0.25, 0.3) is 0 Å². The van der Waals surface area contributed by atoms with Gasteiger partial charge in [0.1, 0.15) is 5.75 Å². The van der Waals surface area contributed by atoms with Crippen molar-refractivity contribution in [3.8, 4) is 5.75 Å². The van der Waals surface area contributed by atoms with E-state index in [-0.39, 0.29) is 18.4 Å². The number of carboxylic acids is 1. The van der Waals surface area contributed by atoms with Crippen molar-refractivity contribution in [1.29, 1.82) is 0 Å². The third-order valence-electron chi connectivity index (χ3n) is 4.83. The average molecular weight is 388 g/mol. The zero-order valence-electron chi connectivity index (χ0n) is 14.9. The van der Waals surface area contributed by atoms with E-state index < -0.39 is 11.9 Å².